The third kappa shape index (κ3) is 5.56. The van der Waals surface area contributed by atoms with Gasteiger partial charge in [-0.05, 0) is 0 Å². The molecule has 68 valence electrons. The molecule has 7 nitrogen and oxygen atoms in total. The molecule has 0 rings (SSSR count). The van der Waals surface area contributed by atoms with E-state index >= 15 is 0 Å². The van der Waals surface area contributed by atoms with Gasteiger partial charge in [0, 0.05) is 0 Å². The van der Waals surface area contributed by atoms with Gasteiger partial charge in [0.2, 0.25) is 0 Å². The van der Waals surface area contributed by atoms with Crippen molar-refractivity contribution in [1.82, 2.24) is 0 Å². The first-order chi connectivity index (χ1) is 6.28. The van der Waals surface area contributed by atoms with E-state index < -0.39 is 14.6 Å². The van der Waals surface area contributed by atoms with Gasteiger partial charge in [0.05, 0.1) is 0 Å². The van der Waals surface area contributed by atoms with Crippen molar-refractivity contribution in [3.63, 3.8) is 0 Å². The SMILES string of the molecule is COB(OB=O)OB(OC)OB=O. The van der Waals surface area contributed by atoms with Crippen LogP contribution in [0.4, 0.5) is 0 Å². The first kappa shape index (κ1) is 12.3. The number of hydrogen-bond acceptors (Lipinski definition) is 7. The van der Waals surface area contributed by atoms with Crippen molar-refractivity contribution >= 4 is 29.3 Å². The molecule has 0 spiro atoms. The summed E-state index contributed by atoms with van der Waals surface area (Å²) in [5.41, 5.74) is 0. The Balaban J connectivity index is 3.85. The Morgan fingerprint density at radius 2 is 1.31 bits per heavy atom. The fraction of sp³-hybridized carbons (Fsp3) is 1.00. The Labute approximate surface area is 76.9 Å². The Morgan fingerprint density at radius 3 is 1.54 bits per heavy atom. The van der Waals surface area contributed by atoms with Crippen LogP contribution in [0.1, 0.15) is 0 Å². The molecule has 0 unspecified atom stereocenters. The van der Waals surface area contributed by atoms with Crippen LogP contribution in [0.3, 0.4) is 0 Å². The van der Waals surface area contributed by atoms with Crippen LogP contribution in [-0.2, 0) is 32.4 Å². The van der Waals surface area contributed by atoms with Crippen molar-refractivity contribution in [2.45, 2.75) is 0 Å². The van der Waals surface area contributed by atoms with E-state index in [-0.39, 0.29) is 14.7 Å². The van der Waals surface area contributed by atoms with Gasteiger partial charge in [-0.1, -0.05) is 0 Å². The zero-order chi connectivity index (χ0) is 10.1. The molecule has 0 atom stereocenters. The zero-order valence-electron chi connectivity index (χ0n) is 7.17. The predicted molar refractivity (Wildman–Crippen MR) is 41.7 cm³/mol. The fourth-order valence-electron chi connectivity index (χ4n) is 0.468. The molecule has 0 aromatic carbocycles. The summed E-state index contributed by atoms with van der Waals surface area (Å²) in [5.74, 6) is 0. The summed E-state index contributed by atoms with van der Waals surface area (Å²) >= 11 is 0. The van der Waals surface area contributed by atoms with Gasteiger partial charge in [0.15, 0.2) is 0 Å². The maximum absolute atomic E-state index is 9.87. The second-order valence-corrected chi connectivity index (χ2v) is 1.65. The molecule has 0 saturated heterocycles. The molecule has 0 aliphatic rings. The average Bonchev–Trinajstić information content (AvgIpc) is 2.16. The molecule has 0 radical (unpaired) electrons. The second-order valence-electron chi connectivity index (χ2n) is 1.65. The van der Waals surface area contributed by atoms with Crippen LogP contribution >= 0.6 is 0 Å². The van der Waals surface area contributed by atoms with Gasteiger partial charge in [-0.25, -0.2) is 0 Å². The fourth-order valence-corrected chi connectivity index (χ4v) is 0.468. The molecule has 0 aromatic heterocycles. The van der Waals surface area contributed by atoms with Crippen LogP contribution in [0.2, 0.25) is 0 Å². The summed E-state index contributed by atoms with van der Waals surface area (Å²) in [6, 6.07) is 0. The molecule has 13 heavy (non-hydrogen) atoms. The summed E-state index contributed by atoms with van der Waals surface area (Å²) in [4.78, 5) is 0. The number of rotatable bonds is 8. The van der Waals surface area contributed by atoms with Crippen molar-refractivity contribution < 1.29 is 32.4 Å². The van der Waals surface area contributed by atoms with E-state index in [1.54, 1.807) is 0 Å². The topological polar surface area (TPSA) is 80.3 Å². The molecular weight excluding hydrogens is 179 g/mol. The van der Waals surface area contributed by atoms with E-state index in [9.17, 15) is 9.41 Å². The molecule has 0 amide bonds. The van der Waals surface area contributed by atoms with Crippen LogP contribution in [-0.4, -0.2) is 43.6 Å². The molecule has 0 aliphatic heterocycles. The Hall–Kier alpha value is -0.660. The van der Waals surface area contributed by atoms with Crippen LogP contribution in [0.15, 0.2) is 0 Å². The molecular formula is C2H6B4O7. The first-order valence-corrected chi connectivity index (χ1v) is 3.17. The monoisotopic (exact) mass is 186 g/mol. The average molecular weight is 185 g/mol. The van der Waals surface area contributed by atoms with Crippen LogP contribution in [0.5, 0.6) is 0 Å². The standard InChI is InChI=1S/C2H6B4O7/c1-9-5(11-3-7)13-6(10-2)12-4-8/h1-2H3. The molecule has 0 N–H and O–H groups in total. The third-order valence-electron chi connectivity index (χ3n) is 0.940. The molecule has 0 saturated carbocycles. The van der Waals surface area contributed by atoms with Gasteiger partial charge < -0.3 is 0 Å². The molecule has 11 heteroatoms. The van der Waals surface area contributed by atoms with E-state index in [4.69, 9.17) is 0 Å². The van der Waals surface area contributed by atoms with E-state index in [0.29, 0.717) is 0 Å². The molecule has 0 fully saturated rings. The van der Waals surface area contributed by atoms with Crippen molar-refractivity contribution in [2.75, 3.05) is 14.2 Å². The van der Waals surface area contributed by atoms with Crippen LogP contribution in [0, 0.1) is 0 Å². The Bertz CT molecular complexity index is 137. The number of hydrogen-bond donors (Lipinski definition) is 0. The second kappa shape index (κ2) is 7.96. The summed E-state index contributed by atoms with van der Waals surface area (Å²) in [6.45, 7) is 0. The minimum absolute atomic E-state index is 0.127. The minimum atomic E-state index is -1.28. The Morgan fingerprint density at radius 1 is 0.923 bits per heavy atom. The van der Waals surface area contributed by atoms with E-state index in [1.165, 1.54) is 14.2 Å². The van der Waals surface area contributed by atoms with Crippen LogP contribution in [0.25, 0.3) is 0 Å². The molecule has 0 aromatic rings. The summed E-state index contributed by atoms with van der Waals surface area (Å²) in [6.07, 6.45) is 0. The van der Waals surface area contributed by atoms with Crippen LogP contribution < -0.4 is 0 Å². The van der Waals surface area contributed by atoms with Gasteiger partial charge in [-0.3, -0.25) is 0 Å². The van der Waals surface area contributed by atoms with Crippen molar-refractivity contribution in [3.8, 4) is 0 Å². The van der Waals surface area contributed by atoms with Gasteiger partial charge in [-0.2, -0.15) is 0 Å². The first-order valence-electron chi connectivity index (χ1n) is 3.17. The van der Waals surface area contributed by atoms with Crippen molar-refractivity contribution in [1.29, 1.82) is 0 Å². The normalized spacial score (nSPS) is 8.15. The van der Waals surface area contributed by atoms with Crippen molar-refractivity contribution in [2.24, 2.45) is 0 Å². The summed E-state index contributed by atoms with van der Waals surface area (Å²) in [5, 5.41) is 0. The zero-order valence-corrected chi connectivity index (χ0v) is 7.17. The van der Waals surface area contributed by atoms with E-state index in [0.717, 1.165) is 0 Å². The summed E-state index contributed by atoms with van der Waals surface area (Å²) < 4.78 is 42.0. The van der Waals surface area contributed by atoms with Gasteiger partial charge >= 0.3 is 76.0 Å². The van der Waals surface area contributed by atoms with Gasteiger partial charge in [0.25, 0.3) is 0 Å². The predicted octanol–water partition coefficient (Wildman–Crippen LogP) is -1.77. The molecule has 0 heterocycles. The summed E-state index contributed by atoms with van der Waals surface area (Å²) in [7, 11) is 0.178. The van der Waals surface area contributed by atoms with Gasteiger partial charge in [0.1, 0.15) is 0 Å². The van der Waals surface area contributed by atoms with Gasteiger partial charge in [-0.15, -0.1) is 0 Å². The Kier molecular flexibility index (Phi) is 7.56. The molecule has 0 bridgehead atoms. The maximum atomic E-state index is 9.87. The van der Waals surface area contributed by atoms with Crippen molar-refractivity contribution in [3.05, 3.63) is 0 Å². The quantitative estimate of drug-likeness (QED) is 0.414. The van der Waals surface area contributed by atoms with E-state index in [2.05, 4.69) is 23.0 Å². The molecule has 0 aliphatic carbocycles. The third-order valence-corrected chi connectivity index (χ3v) is 0.940. The van der Waals surface area contributed by atoms with E-state index in [1.807, 2.05) is 0 Å².